The topological polar surface area (TPSA) is 38.9 Å². The van der Waals surface area contributed by atoms with E-state index >= 15 is 0 Å². The van der Waals surface area contributed by atoms with Gasteiger partial charge in [-0.15, -0.1) is 11.6 Å². The predicted octanol–water partition coefficient (Wildman–Crippen LogP) is 2.48. The molecule has 6 heteroatoms. The Morgan fingerprint density at radius 2 is 2.15 bits per heavy atom. The molecule has 0 saturated heterocycles. The van der Waals surface area contributed by atoms with E-state index in [0.29, 0.717) is 6.20 Å². The Labute approximate surface area is 77.5 Å². The maximum Gasteiger partial charge on any atom is 0.280 e. The zero-order valence-corrected chi connectivity index (χ0v) is 7.15. The summed E-state index contributed by atoms with van der Waals surface area (Å²) in [5.41, 5.74) is 4.13. The first kappa shape index (κ1) is 10.1. The molecule has 72 valence electrons. The highest BCUT2D eigenvalue weighted by atomic mass is 35.5. The third-order valence-electron chi connectivity index (χ3n) is 1.55. The smallest absolute Gasteiger partial charge is 0.280 e. The molecular formula is C7H6ClF3N2. The van der Waals surface area contributed by atoms with Crippen molar-refractivity contribution in [3.05, 3.63) is 23.3 Å². The van der Waals surface area contributed by atoms with Gasteiger partial charge >= 0.3 is 0 Å². The van der Waals surface area contributed by atoms with Crippen molar-refractivity contribution in [3.63, 3.8) is 0 Å². The molecule has 0 aliphatic rings. The Morgan fingerprint density at radius 1 is 1.54 bits per heavy atom. The Balaban J connectivity index is 3.30. The van der Waals surface area contributed by atoms with E-state index in [1.165, 1.54) is 0 Å². The summed E-state index contributed by atoms with van der Waals surface area (Å²) >= 11 is 5.33. The molecule has 0 amide bonds. The quantitative estimate of drug-likeness (QED) is 0.762. The van der Waals surface area contributed by atoms with Gasteiger partial charge in [0.15, 0.2) is 5.82 Å². The molecule has 1 aromatic rings. The van der Waals surface area contributed by atoms with Crippen molar-refractivity contribution in [2.24, 2.45) is 0 Å². The lowest BCUT2D eigenvalue weighted by Gasteiger charge is -2.08. The van der Waals surface area contributed by atoms with Gasteiger partial charge in [0.1, 0.15) is 5.69 Å². The molecule has 0 aliphatic carbocycles. The molecule has 0 fully saturated rings. The second-order valence-electron chi connectivity index (χ2n) is 2.32. The van der Waals surface area contributed by atoms with Crippen LogP contribution in [0.4, 0.5) is 18.9 Å². The van der Waals surface area contributed by atoms with Crippen molar-refractivity contribution in [1.82, 2.24) is 4.98 Å². The lowest BCUT2D eigenvalue weighted by atomic mass is 10.2. The van der Waals surface area contributed by atoms with Crippen molar-refractivity contribution in [3.8, 4) is 0 Å². The maximum atomic E-state index is 12.7. The van der Waals surface area contributed by atoms with Crippen LogP contribution in [0.15, 0.2) is 6.20 Å². The summed E-state index contributed by atoms with van der Waals surface area (Å²) in [6.45, 7) is 0. The van der Waals surface area contributed by atoms with Crippen LogP contribution in [0.5, 0.6) is 0 Å². The zero-order chi connectivity index (χ0) is 10.0. The number of nitrogens with zero attached hydrogens (tertiary/aromatic N) is 1. The first-order valence-electron chi connectivity index (χ1n) is 3.34. The predicted molar refractivity (Wildman–Crippen MR) is 43.1 cm³/mol. The van der Waals surface area contributed by atoms with Crippen molar-refractivity contribution in [2.75, 3.05) is 5.73 Å². The number of aromatic nitrogens is 1. The van der Waals surface area contributed by atoms with Gasteiger partial charge in [-0.2, -0.15) is 0 Å². The Morgan fingerprint density at radius 3 is 2.62 bits per heavy atom. The number of nitrogen functional groups attached to an aromatic ring is 1. The van der Waals surface area contributed by atoms with Crippen LogP contribution in [-0.4, -0.2) is 4.98 Å². The van der Waals surface area contributed by atoms with E-state index in [0.717, 1.165) is 0 Å². The van der Waals surface area contributed by atoms with Crippen LogP contribution in [-0.2, 0) is 5.88 Å². The van der Waals surface area contributed by atoms with Crippen LogP contribution in [0.2, 0.25) is 0 Å². The van der Waals surface area contributed by atoms with E-state index < -0.39 is 17.9 Å². The van der Waals surface area contributed by atoms with Crippen LogP contribution in [0.25, 0.3) is 0 Å². The number of pyridine rings is 1. The fraction of sp³-hybridized carbons (Fsp3) is 0.286. The first-order valence-corrected chi connectivity index (χ1v) is 3.88. The molecule has 0 bridgehead atoms. The normalized spacial score (nSPS) is 10.8. The van der Waals surface area contributed by atoms with Crippen LogP contribution >= 0.6 is 11.6 Å². The Kier molecular flexibility index (Phi) is 2.98. The second-order valence-corrected chi connectivity index (χ2v) is 2.59. The minimum Gasteiger partial charge on any atom is -0.396 e. The molecule has 0 radical (unpaired) electrons. The van der Waals surface area contributed by atoms with Crippen molar-refractivity contribution in [2.45, 2.75) is 12.3 Å². The highest BCUT2D eigenvalue weighted by Gasteiger charge is 2.18. The summed E-state index contributed by atoms with van der Waals surface area (Å²) < 4.78 is 37.2. The minimum absolute atomic E-state index is 0.142. The van der Waals surface area contributed by atoms with Gasteiger partial charge in [0, 0.05) is 5.56 Å². The molecule has 1 aromatic heterocycles. The average molecular weight is 211 g/mol. The average Bonchev–Trinajstić information content (AvgIpc) is 2.09. The third-order valence-corrected chi connectivity index (χ3v) is 1.82. The molecule has 0 aromatic carbocycles. The standard InChI is InChI=1S/C7H6ClF3N2/c8-1-3-5(12)4(9)2-13-6(3)7(10)11/h2,7H,1H2,(H2,12,13). The largest absolute Gasteiger partial charge is 0.396 e. The van der Waals surface area contributed by atoms with E-state index in [2.05, 4.69) is 4.98 Å². The Hall–Kier alpha value is -0.970. The summed E-state index contributed by atoms with van der Waals surface area (Å²) in [5, 5.41) is 0. The van der Waals surface area contributed by atoms with Gasteiger partial charge in [-0.05, 0) is 0 Å². The third kappa shape index (κ3) is 1.85. The molecule has 1 heterocycles. The van der Waals surface area contributed by atoms with Gasteiger partial charge in [0.2, 0.25) is 0 Å². The maximum absolute atomic E-state index is 12.7. The molecule has 0 spiro atoms. The zero-order valence-electron chi connectivity index (χ0n) is 6.40. The number of halogens is 4. The van der Waals surface area contributed by atoms with Crippen LogP contribution < -0.4 is 5.73 Å². The van der Waals surface area contributed by atoms with Gasteiger partial charge in [0.25, 0.3) is 6.43 Å². The fourth-order valence-corrected chi connectivity index (χ4v) is 1.17. The molecule has 0 aliphatic heterocycles. The van der Waals surface area contributed by atoms with Crippen LogP contribution in [0.3, 0.4) is 0 Å². The van der Waals surface area contributed by atoms with Crippen LogP contribution in [0.1, 0.15) is 17.7 Å². The van der Waals surface area contributed by atoms with Gasteiger partial charge in [-0.3, -0.25) is 4.98 Å². The van der Waals surface area contributed by atoms with Crippen molar-refractivity contribution < 1.29 is 13.2 Å². The summed E-state index contributed by atoms with van der Waals surface area (Å²) in [5.74, 6) is -1.11. The number of anilines is 1. The first-order chi connectivity index (χ1) is 6.07. The summed E-state index contributed by atoms with van der Waals surface area (Å²) in [7, 11) is 0. The molecule has 0 unspecified atom stereocenters. The van der Waals surface area contributed by atoms with Gasteiger partial charge in [0.05, 0.1) is 17.8 Å². The molecule has 0 saturated carbocycles. The summed E-state index contributed by atoms with van der Waals surface area (Å²) in [6.07, 6.45) is -2.14. The molecule has 13 heavy (non-hydrogen) atoms. The lowest BCUT2D eigenvalue weighted by Crippen LogP contribution is -2.04. The van der Waals surface area contributed by atoms with Gasteiger partial charge in [-0.25, -0.2) is 13.2 Å². The number of nitrogens with two attached hydrogens (primary N) is 1. The highest BCUT2D eigenvalue weighted by Crippen LogP contribution is 2.27. The van der Waals surface area contributed by atoms with Gasteiger partial charge < -0.3 is 5.73 Å². The van der Waals surface area contributed by atoms with E-state index in [-0.39, 0.29) is 17.1 Å². The number of rotatable bonds is 2. The van der Waals surface area contributed by atoms with E-state index in [1.54, 1.807) is 0 Å². The fourth-order valence-electron chi connectivity index (χ4n) is 0.884. The monoisotopic (exact) mass is 210 g/mol. The van der Waals surface area contributed by atoms with E-state index in [4.69, 9.17) is 17.3 Å². The lowest BCUT2D eigenvalue weighted by molar-refractivity contribution is 0.145. The van der Waals surface area contributed by atoms with E-state index in [9.17, 15) is 13.2 Å². The highest BCUT2D eigenvalue weighted by molar-refractivity contribution is 6.17. The van der Waals surface area contributed by atoms with Crippen molar-refractivity contribution >= 4 is 17.3 Å². The number of alkyl halides is 3. The van der Waals surface area contributed by atoms with E-state index in [1.807, 2.05) is 0 Å². The summed E-state index contributed by atoms with van der Waals surface area (Å²) in [4.78, 5) is 3.22. The molecular weight excluding hydrogens is 205 g/mol. The SMILES string of the molecule is Nc1c(F)cnc(C(F)F)c1CCl. The molecule has 1 rings (SSSR count). The number of hydrogen-bond donors (Lipinski definition) is 1. The molecule has 0 atom stereocenters. The molecule has 2 nitrogen and oxygen atoms in total. The summed E-state index contributed by atoms with van der Waals surface area (Å²) in [6, 6.07) is 0. The van der Waals surface area contributed by atoms with Crippen molar-refractivity contribution in [1.29, 1.82) is 0 Å². The minimum atomic E-state index is -2.79. The molecule has 2 N–H and O–H groups in total. The number of hydrogen-bond acceptors (Lipinski definition) is 2. The Bertz CT molecular complexity index is 317. The van der Waals surface area contributed by atoms with Gasteiger partial charge in [-0.1, -0.05) is 0 Å². The second kappa shape index (κ2) is 3.83. The van der Waals surface area contributed by atoms with Crippen LogP contribution in [0, 0.1) is 5.82 Å².